The summed E-state index contributed by atoms with van der Waals surface area (Å²) in [5.74, 6) is -1.17. The Kier molecular flexibility index (Phi) is 5.46. The van der Waals surface area contributed by atoms with Crippen LogP contribution in [-0.2, 0) is 4.79 Å². The molecule has 106 valence electrons. The quantitative estimate of drug-likeness (QED) is 0.614. The maximum absolute atomic E-state index is 11.9. The van der Waals surface area contributed by atoms with Crippen LogP contribution in [0.3, 0.4) is 0 Å². The molecule has 2 N–H and O–H groups in total. The summed E-state index contributed by atoms with van der Waals surface area (Å²) < 4.78 is 0. The van der Waals surface area contributed by atoms with Gasteiger partial charge in [0.2, 0.25) is 0 Å². The van der Waals surface area contributed by atoms with Crippen LogP contribution in [0.4, 0.5) is 10.5 Å². The van der Waals surface area contributed by atoms with Gasteiger partial charge in [0.15, 0.2) is 5.78 Å². The van der Waals surface area contributed by atoms with Crippen LogP contribution < -0.4 is 5.32 Å². The van der Waals surface area contributed by atoms with Crippen LogP contribution in [0, 0.1) is 0 Å². The molecule has 0 heterocycles. The number of nitrogens with zero attached hydrogens (tertiary/aromatic N) is 1. The summed E-state index contributed by atoms with van der Waals surface area (Å²) >= 11 is 0. The van der Waals surface area contributed by atoms with Crippen molar-refractivity contribution in [2.45, 2.75) is 6.92 Å². The minimum Gasteiger partial charge on any atom is -0.480 e. The number of hydrogen-bond acceptors (Lipinski definition) is 3. The Bertz CT molecular complexity index is 522. The molecule has 0 aliphatic rings. The first-order valence-corrected chi connectivity index (χ1v) is 5.93. The Morgan fingerprint density at radius 1 is 1.30 bits per heavy atom. The second kappa shape index (κ2) is 7.08. The van der Waals surface area contributed by atoms with Crippen LogP contribution in [0.1, 0.15) is 17.3 Å². The fourth-order valence-corrected chi connectivity index (χ4v) is 1.53. The fraction of sp³-hybridized carbons (Fsp3) is 0.214. The highest BCUT2D eigenvalue weighted by atomic mass is 16.4. The van der Waals surface area contributed by atoms with Gasteiger partial charge in [-0.05, 0) is 31.2 Å². The molecule has 20 heavy (non-hydrogen) atoms. The number of carbonyl (C=O) groups is 3. The first-order valence-electron chi connectivity index (χ1n) is 5.93. The zero-order valence-corrected chi connectivity index (χ0v) is 11.1. The topological polar surface area (TPSA) is 86.7 Å². The van der Waals surface area contributed by atoms with E-state index < -0.39 is 18.5 Å². The lowest BCUT2D eigenvalue weighted by Crippen LogP contribution is -2.38. The third-order valence-electron chi connectivity index (χ3n) is 2.51. The number of urea groups is 1. The predicted octanol–water partition coefficient (Wildman–Crippen LogP) is 1.99. The standard InChI is InChI=1S/C14H16N2O4/c1-3-8-16(9-13(18)19)14(20)15-12-6-4-11(5-7-12)10(2)17/h3-7H,1,8-9H2,2H3,(H,15,20)(H,18,19). The van der Waals surface area contributed by atoms with Crippen molar-refractivity contribution in [3.05, 3.63) is 42.5 Å². The van der Waals surface area contributed by atoms with E-state index in [2.05, 4.69) is 11.9 Å². The van der Waals surface area contributed by atoms with Crippen LogP contribution in [0.15, 0.2) is 36.9 Å². The van der Waals surface area contributed by atoms with E-state index in [-0.39, 0.29) is 12.3 Å². The van der Waals surface area contributed by atoms with Crippen LogP contribution in [0.25, 0.3) is 0 Å². The van der Waals surface area contributed by atoms with Crippen molar-refractivity contribution >= 4 is 23.5 Å². The second-order valence-electron chi connectivity index (χ2n) is 4.13. The minimum atomic E-state index is -1.10. The fourth-order valence-electron chi connectivity index (χ4n) is 1.53. The number of ketones is 1. The van der Waals surface area contributed by atoms with Gasteiger partial charge < -0.3 is 15.3 Å². The first kappa shape index (κ1) is 15.4. The number of carbonyl (C=O) groups excluding carboxylic acids is 2. The highest BCUT2D eigenvalue weighted by molar-refractivity contribution is 5.95. The SMILES string of the molecule is C=CCN(CC(=O)O)C(=O)Nc1ccc(C(C)=O)cc1. The van der Waals surface area contributed by atoms with Crippen LogP contribution in [0.2, 0.25) is 0 Å². The van der Waals surface area contributed by atoms with Gasteiger partial charge in [0, 0.05) is 17.8 Å². The second-order valence-corrected chi connectivity index (χ2v) is 4.13. The largest absolute Gasteiger partial charge is 0.480 e. The Labute approximate surface area is 116 Å². The third kappa shape index (κ3) is 4.56. The lowest BCUT2D eigenvalue weighted by molar-refractivity contribution is -0.137. The van der Waals surface area contributed by atoms with Gasteiger partial charge in [-0.2, -0.15) is 0 Å². The lowest BCUT2D eigenvalue weighted by atomic mass is 10.1. The Morgan fingerprint density at radius 3 is 2.35 bits per heavy atom. The number of hydrogen-bond donors (Lipinski definition) is 2. The molecule has 1 rings (SSSR count). The average Bonchev–Trinajstić information content (AvgIpc) is 2.38. The number of benzene rings is 1. The molecule has 2 amide bonds. The molecule has 0 aliphatic heterocycles. The molecule has 0 unspecified atom stereocenters. The van der Waals surface area contributed by atoms with Gasteiger partial charge in [0.1, 0.15) is 6.54 Å². The smallest absolute Gasteiger partial charge is 0.323 e. The number of nitrogens with one attached hydrogen (secondary N) is 1. The van der Waals surface area contributed by atoms with Crippen molar-refractivity contribution < 1.29 is 19.5 Å². The molecule has 6 nitrogen and oxygen atoms in total. The van der Waals surface area contributed by atoms with E-state index in [1.54, 1.807) is 24.3 Å². The summed E-state index contributed by atoms with van der Waals surface area (Å²) in [5, 5.41) is 11.3. The Hall–Kier alpha value is -2.63. The summed E-state index contributed by atoms with van der Waals surface area (Å²) in [7, 11) is 0. The van der Waals surface area contributed by atoms with E-state index in [0.717, 1.165) is 4.90 Å². The van der Waals surface area contributed by atoms with Crippen molar-refractivity contribution in [1.29, 1.82) is 0 Å². The van der Waals surface area contributed by atoms with Gasteiger partial charge in [0.05, 0.1) is 0 Å². The van der Waals surface area contributed by atoms with Gasteiger partial charge in [-0.3, -0.25) is 9.59 Å². The van der Waals surface area contributed by atoms with Gasteiger partial charge in [0.25, 0.3) is 0 Å². The molecule has 6 heteroatoms. The predicted molar refractivity (Wildman–Crippen MR) is 74.9 cm³/mol. The number of rotatable bonds is 6. The van der Waals surface area contributed by atoms with E-state index in [9.17, 15) is 14.4 Å². The molecule has 1 aromatic rings. The summed E-state index contributed by atoms with van der Waals surface area (Å²) in [5.41, 5.74) is 1.02. The molecular formula is C14H16N2O4. The highest BCUT2D eigenvalue weighted by Crippen LogP contribution is 2.11. The van der Waals surface area contributed by atoms with Gasteiger partial charge in [-0.25, -0.2) is 4.79 Å². The summed E-state index contributed by atoms with van der Waals surface area (Å²) in [4.78, 5) is 34.8. The highest BCUT2D eigenvalue weighted by Gasteiger charge is 2.15. The van der Waals surface area contributed by atoms with E-state index in [1.165, 1.54) is 13.0 Å². The number of aliphatic carboxylic acids is 1. The molecule has 0 atom stereocenters. The number of Topliss-reactive ketones (excluding diaryl/α,β-unsaturated/α-hetero) is 1. The summed E-state index contributed by atoms with van der Waals surface area (Å²) in [6, 6.07) is 5.81. The van der Waals surface area contributed by atoms with Crippen molar-refractivity contribution in [3.8, 4) is 0 Å². The van der Waals surface area contributed by atoms with Crippen molar-refractivity contribution in [3.63, 3.8) is 0 Å². The van der Waals surface area contributed by atoms with Gasteiger partial charge >= 0.3 is 12.0 Å². The molecular weight excluding hydrogens is 260 g/mol. The molecule has 0 aliphatic carbocycles. The molecule has 0 fully saturated rings. The number of amides is 2. The maximum atomic E-state index is 11.9. The zero-order valence-electron chi connectivity index (χ0n) is 11.1. The zero-order chi connectivity index (χ0) is 15.1. The molecule has 0 radical (unpaired) electrons. The molecule has 0 spiro atoms. The van der Waals surface area contributed by atoms with Crippen LogP contribution >= 0.6 is 0 Å². The molecule has 1 aromatic carbocycles. The third-order valence-corrected chi connectivity index (χ3v) is 2.51. The number of carboxylic acids is 1. The van der Waals surface area contributed by atoms with E-state index in [4.69, 9.17) is 5.11 Å². The average molecular weight is 276 g/mol. The van der Waals surface area contributed by atoms with Crippen LogP contribution in [0.5, 0.6) is 0 Å². The minimum absolute atomic E-state index is 0.0676. The van der Waals surface area contributed by atoms with Gasteiger partial charge in [-0.1, -0.05) is 6.08 Å². The Morgan fingerprint density at radius 2 is 1.90 bits per heavy atom. The summed E-state index contributed by atoms with van der Waals surface area (Å²) in [6.07, 6.45) is 1.45. The van der Waals surface area contributed by atoms with Crippen molar-refractivity contribution in [2.24, 2.45) is 0 Å². The van der Waals surface area contributed by atoms with Crippen molar-refractivity contribution in [1.82, 2.24) is 4.90 Å². The monoisotopic (exact) mass is 276 g/mol. The van der Waals surface area contributed by atoms with E-state index >= 15 is 0 Å². The first-order chi connectivity index (χ1) is 9.43. The lowest BCUT2D eigenvalue weighted by Gasteiger charge is -2.19. The van der Waals surface area contributed by atoms with Gasteiger partial charge in [-0.15, -0.1) is 6.58 Å². The maximum Gasteiger partial charge on any atom is 0.323 e. The van der Waals surface area contributed by atoms with Crippen LogP contribution in [-0.4, -0.2) is 40.9 Å². The number of anilines is 1. The normalized spacial score (nSPS) is 9.65. The van der Waals surface area contributed by atoms with E-state index in [1.807, 2.05) is 0 Å². The molecule has 0 saturated carbocycles. The Balaban J connectivity index is 2.74. The molecule has 0 aromatic heterocycles. The molecule has 0 bridgehead atoms. The number of carboxylic acid groups (broad SMARTS) is 1. The van der Waals surface area contributed by atoms with E-state index in [0.29, 0.717) is 11.3 Å². The van der Waals surface area contributed by atoms with Crippen molar-refractivity contribution in [2.75, 3.05) is 18.4 Å². The molecule has 0 saturated heterocycles. The summed E-state index contributed by atoms with van der Waals surface area (Å²) in [6.45, 7) is 4.64.